The molecule has 1 amide bonds. The van der Waals surface area contributed by atoms with Gasteiger partial charge in [-0.3, -0.25) is 0 Å². The number of carbonyl (C=O) groups excluding carboxylic acids is 1. The largest absolute Gasteiger partial charge is 0.489 e. The van der Waals surface area contributed by atoms with Crippen molar-refractivity contribution < 1.29 is 14.3 Å². The smallest absolute Gasteiger partial charge is 0.407 e. The molecular formula is C15H16N2O3. The van der Waals surface area contributed by atoms with Crippen molar-refractivity contribution in [2.24, 2.45) is 5.73 Å². The summed E-state index contributed by atoms with van der Waals surface area (Å²) < 4.78 is 10.8. The predicted octanol–water partition coefficient (Wildman–Crippen LogP) is 1.79. The van der Waals surface area contributed by atoms with E-state index in [0.29, 0.717) is 19.7 Å². The number of carbonyl (C=O) groups is 1. The van der Waals surface area contributed by atoms with Gasteiger partial charge in [0.2, 0.25) is 0 Å². The fourth-order valence-corrected chi connectivity index (χ4v) is 2.37. The van der Waals surface area contributed by atoms with Crippen LogP contribution in [0.25, 0.3) is 10.8 Å². The highest BCUT2D eigenvalue weighted by Gasteiger charge is 2.23. The van der Waals surface area contributed by atoms with E-state index in [9.17, 15) is 4.79 Å². The van der Waals surface area contributed by atoms with E-state index in [2.05, 4.69) is 5.32 Å². The molecule has 20 heavy (non-hydrogen) atoms. The minimum absolute atomic E-state index is 0.250. The van der Waals surface area contributed by atoms with Crippen LogP contribution in [0.5, 0.6) is 5.75 Å². The molecule has 1 unspecified atom stereocenters. The molecule has 0 aromatic heterocycles. The van der Waals surface area contributed by atoms with Crippen LogP contribution in [0.2, 0.25) is 0 Å². The van der Waals surface area contributed by atoms with Crippen LogP contribution in [0.4, 0.5) is 4.79 Å². The number of hydrogen-bond donors (Lipinski definition) is 2. The van der Waals surface area contributed by atoms with E-state index in [1.807, 2.05) is 36.4 Å². The number of fused-ring (bicyclic) bond motifs is 1. The zero-order valence-electron chi connectivity index (χ0n) is 11.0. The van der Waals surface area contributed by atoms with Crippen molar-refractivity contribution in [3.63, 3.8) is 0 Å². The highest BCUT2D eigenvalue weighted by atomic mass is 16.6. The van der Waals surface area contributed by atoms with E-state index in [4.69, 9.17) is 15.2 Å². The van der Waals surface area contributed by atoms with Gasteiger partial charge in [0.15, 0.2) is 6.10 Å². The molecule has 2 aromatic rings. The topological polar surface area (TPSA) is 73.6 Å². The molecule has 2 aromatic carbocycles. The van der Waals surface area contributed by atoms with Crippen molar-refractivity contribution in [3.8, 4) is 5.75 Å². The first-order valence-corrected chi connectivity index (χ1v) is 6.56. The van der Waals surface area contributed by atoms with Crippen LogP contribution in [-0.4, -0.2) is 25.3 Å². The molecule has 1 fully saturated rings. The number of amides is 1. The second-order valence-electron chi connectivity index (χ2n) is 4.69. The summed E-state index contributed by atoms with van der Waals surface area (Å²) in [5.41, 5.74) is 6.82. The van der Waals surface area contributed by atoms with Crippen molar-refractivity contribution in [2.75, 3.05) is 13.2 Å². The first-order chi connectivity index (χ1) is 9.78. The van der Waals surface area contributed by atoms with Crippen LogP contribution >= 0.6 is 0 Å². The Labute approximate surface area is 116 Å². The van der Waals surface area contributed by atoms with Gasteiger partial charge in [-0.15, -0.1) is 0 Å². The number of ether oxygens (including phenoxy) is 2. The third-order valence-electron chi connectivity index (χ3n) is 3.37. The molecule has 1 aliphatic heterocycles. The van der Waals surface area contributed by atoms with Crippen LogP contribution in [-0.2, 0) is 11.3 Å². The van der Waals surface area contributed by atoms with Gasteiger partial charge in [0.05, 0.1) is 6.54 Å². The van der Waals surface area contributed by atoms with Gasteiger partial charge in [0.25, 0.3) is 0 Å². The number of rotatable bonds is 4. The maximum Gasteiger partial charge on any atom is 0.407 e. The Bertz CT molecular complexity index is 642. The fraction of sp³-hybridized carbons (Fsp3) is 0.267. The van der Waals surface area contributed by atoms with Gasteiger partial charge in [-0.25, -0.2) is 4.79 Å². The van der Waals surface area contributed by atoms with E-state index >= 15 is 0 Å². The van der Waals surface area contributed by atoms with E-state index in [1.54, 1.807) is 0 Å². The molecule has 1 saturated heterocycles. The number of benzene rings is 2. The number of hydrogen-bond acceptors (Lipinski definition) is 4. The van der Waals surface area contributed by atoms with Gasteiger partial charge in [-0.1, -0.05) is 30.3 Å². The quantitative estimate of drug-likeness (QED) is 0.890. The highest BCUT2D eigenvalue weighted by molar-refractivity contribution is 5.87. The van der Waals surface area contributed by atoms with Gasteiger partial charge in [-0.05, 0) is 16.8 Å². The summed E-state index contributed by atoms with van der Waals surface area (Å²) in [7, 11) is 0. The molecule has 1 aliphatic rings. The Morgan fingerprint density at radius 2 is 2.15 bits per heavy atom. The fourth-order valence-electron chi connectivity index (χ4n) is 2.37. The molecule has 5 nitrogen and oxygen atoms in total. The molecule has 1 heterocycles. The van der Waals surface area contributed by atoms with Crippen LogP contribution in [0.1, 0.15) is 5.56 Å². The Balaban J connectivity index is 1.82. The SMILES string of the molecule is NCc1c(OCC2CNC(=O)O2)ccc2ccccc12. The molecule has 3 N–H and O–H groups in total. The summed E-state index contributed by atoms with van der Waals surface area (Å²) in [4.78, 5) is 11.0. The second kappa shape index (κ2) is 5.38. The molecule has 104 valence electrons. The van der Waals surface area contributed by atoms with Crippen LogP contribution < -0.4 is 15.8 Å². The van der Waals surface area contributed by atoms with Crippen molar-refractivity contribution in [3.05, 3.63) is 42.0 Å². The van der Waals surface area contributed by atoms with Crippen LogP contribution in [0.3, 0.4) is 0 Å². The molecule has 0 aliphatic carbocycles. The number of alkyl carbamates (subject to hydrolysis) is 1. The lowest BCUT2D eigenvalue weighted by Crippen LogP contribution is -2.22. The average Bonchev–Trinajstić information content (AvgIpc) is 2.90. The highest BCUT2D eigenvalue weighted by Crippen LogP contribution is 2.28. The van der Waals surface area contributed by atoms with Gasteiger partial charge in [-0.2, -0.15) is 0 Å². The van der Waals surface area contributed by atoms with Gasteiger partial charge in [0.1, 0.15) is 12.4 Å². The minimum atomic E-state index is -0.392. The number of nitrogens with two attached hydrogens (primary N) is 1. The van der Waals surface area contributed by atoms with Crippen molar-refractivity contribution in [1.82, 2.24) is 5.32 Å². The third-order valence-corrected chi connectivity index (χ3v) is 3.37. The van der Waals surface area contributed by atoms with Gasteiger partial charge in [0, 0.05) is 12.1 Å². The number of nitrogens with one attached hydrogen (secondary N) is 1. The Kier molecular flexibility index (Phi) is 3.43. The molecule has 0 bridgehead atoms. The lowest BCUT2D eigenvalue weighted by molar-refractivity contribution is 0.104. The monoisotopic (exact) mass is 272 g/mol. The zero-order chi connectivity index (χ0) is 13.9. The Hall–Kier alpha value is -2.27. The summed E-state index contributed by atoms with van der Waals surface area (Å²) in [6.07, 6.45) is -0.643. The summed E-state index contributed by atoms with van der Waals surface area (Å²) in [5, 5.41) is 4.82. The minimum Gasteiger partial charge on any atom is -0.489 e. The van der Waals surface area contributed by atoms with E-state index < -0.39 is 6.09 Å². The predicted molar refractivity (Wildman–Crippen MR) is 75.6 cm³/mol. The molecule has 0 spiro atoms. The Morgan fingerprint density at radius 3 is 2.90 bits per heavy atom. The molecule has 0 saturated carbocycles. The van der Waals surface area contributed by atoms with Gasteiger partial charge < -0.3 is 20.5 Å². The number of cyclic esters (lactones) is 1. The normalized spacial score (nSPS) is 17.9. The van der Waals surface area contributed by atoms with E-state index in [-0.39, 0.29) is 6.10 Å². The molecule has 3 rings (SSSR count). The van der Waals surface area contributed by atoms with E-state index in [0.717, 1.165) is 22.1 Å². The maximum absolute atomic E-state index is 11.0. The summed E-state index contributed by atoms with van der Waals surface area (Å²) in [5.74, 6) is 0.745. The van der Waals surface area contributed by atoms with E-state index in [1.165, 1.54) is 0 Å². The zero-order valence-corrected chi connectivity index (χ0v) is 11.0. The molecular weight excluding hydrogens is 256 g/mol. The van der Waals surface area contributed by atoms with Crippen LogP contribution in [0, 0.1) is 0 Å². The van der Waals surface area contributed by atoms with Gasteiger partial charge >= 0.3 is 6.09 Å². The van der Waals surface area contributed by atoms with Crippen molar-refractivity contribution in [1.29, 1.82) is 0 Å². The first kappa shape index (κ1) is 12.7. The average molecular weight is 272 g/mol. The van der Waals surface area contributed by atoms with Crippen LogP contribution in [0.15, 0.2) is 36.4 Å². The summed E-state index contributed by atoms with van der Waals surface area (Å²) in [6.45, 7) is 1.20. The molecule has 5 heteroatoms. The summed E-state index contributed by atoms with van der Waals surface area (Å²) >= 11 is 0. The lowest BCUT2D eigenvalue weighted by Gasteiger charge is -2.15. The standard InChI is InChI=1S/C15H16N2O3/c16-7-13-12-4-2-1-3-10(12)5-6-14(13)19-9-11-8-17-15(18)20-11/h1-6,11H,7-9,16H2,(H,17,18). The third kappa shape index (κ3) is 2.40. The lowest BCUT2D eigenvalue weighted by atomic mass is 10.0. The molecule has 1 atom stereocenters. The first-order valence-electron chi connectivity index (χ1n) is 6.56. The summed E-state index contributed by atoms with van der Waals surface area (Å²) in [6, 6.07) is 12.0. The van der Waals surface area contributed by atoms with Crippen molar-refractivity contribution >= 4 is 16.9 Å². The second-order valence-corrected chi connectivity index (χ2v) is 4.69. The molecule has 0 radical (unpaired) electrons. The Morgan fingerprint density at radius 1 is 1.30 bits per heavy atom. The maximum atomic E-state index is 11.0. The van der Waals surface area contributed by atoms with Crippen molar-refractivity contribution in [2.45, 2.75) is 12.6 Å².